The highest BCUT2D eigenvalue weighted by molar-refractivity contribution is 6.31. The normalized spacial score (nSPS) is 12.8. The van der Waals surface area contributed by atoms with Gasteiger partial charge in [-0.05, 0) is 50.1 Å². The summed E-state index contributed by atoms with van der Waals surface area (Å²) in [4.78, 5) is 0. The van der Waals surface area contributed by atoms with Crippen LogP contribution >= 0.6 is 11.6 Å². The second-order valence-corrected chi connectivity index (χ2v) is 5.20. The highest BCUT2D eigenvalue weighted by Crippen LogP contribution is 2.27. The third kappa shape index (κ3) is 4.01. The maximum Gasteiger partial charge on any atom is 0.0438 e. The quantitative estimate of drug-likeness (QED) is 0.719. The van der Waals surface area contributed by atoms with Crippen molar-refractivity contribution >= 4 is 11.6 Å². The van der Waals surface area contributed by atoms with Crippen LogP contribution in [0, 0.1) is 13.8 Å². The topological polar surface area (TPSA) is 12.0 Å². The summed E-state index contributed by atoms with van der Waals surface area (Å²) in [6.45, 7) is 6.46. The van der Waals surface area contributed by atoms with Gasteiger partial charge in [-0.15, -0.1) is 0 Å². The zero-order valence-electron chi connectivity index (χ0n) is 11.4. The van der Waals surface area contributed by atoms with Gasteiger partial charge >= 0.3 is 0 Å². The summed E-state index contributed by atoms with van der Waals surface area (Å²) in [5.41, 5.74) is 3.85. The number of nitrogens with one attached hydrogen (secondary N) is 1. The van der Waals surface area contributed by atoms with Gasteiger partial charge in [-0.2, -0.15) is 0 Å². The Morgan fingerprint density at radius 3 is 2.47 bits per heavy atom. The maximum absolute atomic E-state index is 6.14. The van der Waals surface area contributed by atoms with Gasteiger partial charge in [0.15, 0.2) is 0 Å². The van der Waals surface area contributed by atoms with Gasteiger partial charge in [0.25, 0.3) is 0 Å². The molecule has 1 aromatic carbocycles. The van der Waals surface area contributed by atoms with Crippen LogP contribution in [0.25, 0.3) is 0 Å². The van der Waals surface area contributed by atoms with E-state index in [2.05, 4.69) is 38.2 Å². The zero-order chi connectivity index (χ0) is 12.8. The fraction of sp³-hybridized carbons (Fsp3) is 0.600. The first kappa shape index (κ1) is 14.5. The molecule has 0 radical (unpaired) electrons. The van der Waals surface area contributed by atoms with Crippen LogP contribution in [0.3, 0.4) is 0 Å². The van der Waals surface area contributed by atoms with Crippen molar-refractivity contribution < 1.29 is 0 Å². The number of halogens is 1. The van der Waals surface area contributed by atoms with Crippen LogP contribution in [0.2, 0.25) is 5.02 Å². The Bertz CT molecular complexity index is 360. The van der Waals surface area contributed by atoms with Gasteiger partial charge in [0.05, 0.1) is 0 Å². The first-order chi connectivity index (χ1) is 8.10. The van der Waals surface area contributed by atoms with Crippen molar-refractivity contribution in [1.82, 2.24) is 5.32 Å². The SMILES string of the molecule is CCCCCC(NC)c1cc(C)c(Cl)cc1C. The molecule has 0 bridgehead atoms. The van der Waals surface area contributed by atoms with Crippen molar-refractivity contribution in [2.24, 2.45) is 0 Å². The highest BCUT2D eigenvalue weighted by Gasteiger charge is 2.12. The van der Waals surface area contributed by atoms with Crippen LogP contribution in [0.15, 0.2) is 12.1 Å². The number of aryl methyl sites for hydroxylation is 2. The summed E-state index contributed by atoms with van der Waals surface area (Å²) < 4.78 is 0. The highest BCUT2D eigenvalue weighted by atomic mass is 35.5. The number of benzene rings is 1. The van der Waals surface area contributed by atoms with E-state index in [0.29, 0.717) is 6.04 Å². The molecule has 0 amide bonds. The molecule has 1 unspecified atom stereocenters. The third-order valence-electron chi connectivity index (χ3n) is 3.37. The van der Waals surface area contributed by atoms with Crippen molar-refractivity contribution in [3.63, 3.8) is 0 Å². The predicted molar refractivity (Wildman–Crippen MR) is 76.9 cm³/mol. The lowest BCUT2D eigenvalue weighted by atomic mass is 9.95. The largest absolute Gasteiger partial charge is 0.313 e. The van der Waals surface area contributed by atoms with Crippen LogP contribution < -0.4 is 5.32 Å². The van der Waals surface area contributed by atoms with Gasteiger partial charge in [-0.1, -0.05) is 43.9 Å². The van der Waals surface area contributed by atoms with E-state index in [1.165, 1.54) is 42.4 Å². The van der Waals surface area contributed by atoms with E-state index in [1.807, 2.05) is 7.05 Å². The van der Waals surface area contributed by atoms with Crippen LogP contribution in [0.4, 0.5) is 0 Å². The fourth-order valence-electron chi connectivity index (χ4n) is 2.23. The maximum atomic E-state index is 6.14. The standard InChI is InChI=1S/C15H24ClN/c1-5-6-7-8-15(17-4)13-9-12(3)14(16)10-11(13)2/h9-10,15,17H,5-8H2,1-4H3. The average molecular weight is 254 g/mol. The van der Waals surface area contributed by atoms with Crippen LogP contribution in [0.1, 0.15) is 55.3 Å². The molecule has 1 N–H and O–H groups in total. The van der Waals surface area contributed by atoms with E-state index in [4.69, 9.17) is 11.6 Å². The molecule has 2 heteroatoms. The average Bonchev–Trinajstić information content (AvgIpc) is 2.30. The lowest BCUT2D eigenvalue weighted by Gasteiger charge is -2.20. The van der Waals surface area contributed by atoms with E-state index in [0.717, 1.165) is 5.02 Å². The molecular formula is C15H24ClN. The smallest absolute Gasteiger partial charge is 0.0438 e. The Kier molecular flexibility index (Phi) is 6.01. The lowest BCUT2D eigenvalue weighted by Crippen LogP contribution is -2.17. The van der Waals surface area contributed by atoms with Crippen molar-refractivity contribution in [2.75, 3.05) is 7.05 Å². The molecule has 0 aromatic heterocycles. The first-order valence-electron chi connectivity index (χ1n) is 6.54. The van der Waals surface area contributed by atoms with Gasteiger partial charge in [-0.3, -0.25) is 0 Å². The van der Waals surface area contributed by atoms with Crippen molar-refractivity contribution in [3.8, 4) is 0 Å². The van der Waals surface area contributed by atoms with E-state index in [9.17, 15) is 0 Å². The molecule has 0 aliphatic carbocycles. The molecule has 0 heterocycles. The van der Waals surface area contributed by atoms with Gasteiger partial charge < -0.3 is 5.32 Å². The minimum Gasteiger partial charge on any atom is -0.313 e. The van der Waals surface area contributed by atoms with Crippen LogP contribution in [-0.4, -0.2) is 7.05 Å². The summed E-state index contributed by atoms with van der Waals surface area (Å²) in [7, 11) is 2.04. The Balaban J connectivity index is 2.84. The van der Waals surface area contributed by atoms with E-state index < -0.39 is 0 Å². The fourth-order valence-corrected chi connectivity index (χ4v) is 2.45. The number of hydrogen-bond acceptors (Lipinski definition) is 1. The lowest BCUT2D eigenvalue weighted by molar-refractivity contribution is 0.510. The summed E-state index contributed by atoms with van der Waals surface area (Å²) in [6, 6.07) is 4.76. The number of rotatable bonds is 6. The Labute approximate surface area is 111 Å². The summed E-state index contributed by atoms with van der Waals surface area (Å²) >= 11 is 6.14. The molecular weight excluding hydrogens is 230 g/mol. The molecule has 0 fully saturated rings. The molecule has 1 aromatic rings. The van der Waals surface area contributed by atoms with Crippen molar-refractivity contribution in [1.29, 1.82) is 0 Å². The molecule has 0 spiro atoms. The molecule has 1 nitrogen and oxygen atoms in total. The molecule has 1 rings (SSSR count). The van der Waals surface area contributed by atoms with Crippen molar-refractivity contribution in [2.45, 2.75) is 52.5 Å². The summed E-state index contributed by atoms with van der Waals surface area (Å²) in [6.07, 6.45) is 5.06. The number of unbranched alkanes of at least 4 members (excludes halogenated alkanes) is 2. The Morgan fingerprint density at radius 1 is 1.18 bits per heavy atom. The van der Waals surface area contributed by atoms with Gasteiger partial charge in [0, 0.05) is 11.1 Å². The number of hydrogen-bond donors (Lipinski definition) is 1. The monoisotopic (exact) mass is 253 g/mol. The summed E-state index contributed by atoms with van der Waals surface area (Å²) in [5.74, 6) is 0. The van der Waals surface area contributed by atoms with Gasteiger partial charge in [0.2, 0.25) is 0 Å². The molecule has 0 aliphatic rings. The van der Waals surface area contributed by atoms with E-state index in [1.54, 1.807) is 0 Å². The van der Waals surface area contributed by atoms with Crippen LogP contribution in [0.5, 0.6) is 0 Å². The Morgan fingerprint density at radius 2 is 1.88 bits per heavy atom. The minimum absolute atomic E-state index is 0.456. The molecule has 17 heavy (non-hydrogen) atoms. The molecule has 1 atom stereocenters. The summed E-state index contributed by atoms with van der Waals surface area (Å²) in [5, 5.41) is 4.29. The minimum atomic E-state index is 0.456. The molecule has 0 aliphatic heterocycles. The zero-order valence-corrected chi connectivity index (χ0v) is 12.2. The molecule has 96 valence electrons. The van der Waals surface area contributed by atoms with Gasteiger partial charge in [-0.25, -0.2) is 0 Å². The molecule has 0 saturated heterocycles. The van der Waals surface area contributed by atoms with E-state index in [-0.39, 0.29) is 0 Å². The van der Waals surface area contributed by atoms with Crippen molar-refractivity contribution in [3.05, 3.63) is 33.8 Å². The second-order valence-electron chi connectivity index (χ2n) is 4.80. The first-order valence-corrected chi connectivity index (χ1v) is 6.91. The van der Waals surface area contributed by atoms with E-state index >= 15 is 0 Å². The third-order valence-corrected chi connectivity index (χ3v) is 3.77. The van der Waals surface area contributed by atoms with Crippen LogP contribution in [-0.2, 0) is 0 Å². The van der Waals surface area contributed by atoms with Gasteiger partial charge in [0.1, 0.15) is 0 Å². The predicted octanol–water partition coefficient (Wildman–Crippen LogP) is 4.80. The Hall–Kier alpha value is -0.530. The second kappa shape index (κ2) is 7.03. The molecule has 0 saturated carbocycles.